The fourth-order valence-corrected chi connectivity index (χ4v) is 1.98. The predicted molar refractivity (Wildman–Crippen MR) is 63.8 cm³/mol. The van der Waals surface area contributed by atoms with Crippen LogP contribution in [0.3, 0.4) is 0 Å². The number of nitrogens with one attached hydrogen (secondary N) is 1. The minimum atomic E-state index is -0.121. The van der Waals surface area contributed by atoms with Crippen molar-refractivity contribution in [2.45, 2.75) is 26.5 Å². The van der Waals surface area contributed by atoms with E-state index in [0.29, 0.717) is 19.8 Å². The molecule has 1 aromatic heterocycles. The number of hydrogen-bond donors (Lipinski definition) is 1. The lowest BCUT2D eigenvalue weighted by molar-refractivity contribution is -0.0936. The van der Waals surface area contributed by atoms with E-state index < -0.39 is 0 Å². The van der Waals surface area contributed by atoms with Crippen LogP contribution in [-0.2, 0) is 16.0 Å². The van der Waals surface area contributed by atoms with Crippen LogP contribution < -0.4 is 5.32 Å². The molecule has 5 heteroatoms. The summed E-state index contributed by atoms with van der Waals surface area (Å²) in [4.78, 5) is 9.04. The Morgan fingerprint density at radius 3 is 2.47 bits per heavy atom. The van der Waals surface area contributed by atoms with Gasteiger partial charge in [0.15, 0.2) is 5.82 Å². The molecule has 1 aliphatic rings. The molecule has 0 radical (unpaired) electrons. The van der Waals surface area contributed by atoms with E-state index in [-0.39, 0.29) is 6.10 Å². The zero-order chi connectivity index (χ0) is 12.3. The average Bonchev–Trinajstić information content (AvgIpc) is 2.35. The second kappa shape index (κ2) is 5.53. The van der Waals surface area contributed by atoms with Gasteiger partial charge in [-0.15, -0.1) is 0 Å². The zero-order valence-corrected chi connectivity index (χ0v) is 10.6. The Morgan fingerprint density at radius 2 is 1.94 bits per heavy atom. The first-order chi connectivity index (χ1) is 8.22. The highest BCUT2D eigenvalue weighted by molar-refractivity contribution is 5.24. The van der Waals surface area contributed by atoms with Gasteiger partial charge in [-0.3, -0.25) is 0 Å². The first kappa shape index (κ1) is 12.4. The summed E-state index contributed by atoms with van der Waals surface area (Å²) in [6.45, 7) is 6.63. The summed E-state index contributed by atoms with van der Waals surface area (Å²) in [5, 5.41) is 3.13. The number of rotatable bonds is 3. The van der Waals surface area contributed by atoms with Gasteiger partial charge in [0, 0.05) is 23.5 Å². The van der Waals surface area contributed by atoms with E-state index in [1.807, 2.05) is 20.9 Å². The van der Waals surface area contributed by atoms with Crippen LogP contribution in [0.2, 0.25) is 0 Å². The van der Waals surface area contributed by atoms with Crippen LogP contribution >= 0.6 is 0 Å². The van der Waals surface area contributed by atoms with Crippen LogP contribution in [0.1, 0.15) is 28.9 Å². The van der Waals surface area contributed by atoms with Gasteiger partial charge in [0.2, 0.25) is 0 Å². The molecule has 0 bridgehead atoms. The lowest BCUT2D eigenvalue weighted by atomic mass is 10.1. The Balaban J connectivity index is 2.24. The first-order valence-electron chi connectivity index (χ1n) is 5.90. The van der Waals surface area contributed by atoms with Gasteiger partial charge < -0.3 is 14.8 Å². The molecule has 0 aromatic carbocycles. The molecule has 2 heterocycles. The molecule has 2 rings (SSSR count). The van der Waals surface area contributed by atoms with Crippen LogP contribution in [0.15, 0.2) is 0 Å². The van der Waals surface area contributed by atoms with Gasteiger partial charge in [0.05, 0.1) is 19.8 Å². The fraction of sp³-hybridized carbons (Fsp3) is 0.667. The van der Waals surface area contributed by atoms with Crippen molar-refractivity contribution in [3.05, 3.63) is 22.8 Å². The minimum absolute atomic E-state index is 0.121. The summed E-state index contributed by atoms with van der Waals surface area (Å²) in [6.07, 6.45) is -0.121. The second-order valence-electron chi connectivity index (χ2n) is 4.20. The Kier molecular flexibility index (Phi) is 4.04. The molecule has 0 amide bonds. The minimum Gasteiger partial charge on any atom is -0.376 e. The predicted octanol–water partition coefficient (Wildman–Crippen LogP) is 0.901. The summed E-state index contributed by atoms with van der Waals surface area (Å²) in [5.74, 6) is 0.736. The lowest BCUT2D eigenvalue weighted by Crippen LogP contribution is -2.24. The van der Waals surface area contributed by atoms with Gasteiger partial charge in [-0.25, -0.2) is 9.97 Å². The zero-order valence-electron chi connectivity index (χ0n) is 10.6. The number of hydrogen-bond acceptors (Lipinski definition) is 5. The van der Waals surface area contributed by atoms with Crippen LogP contribution in [0, 0.1) is 13.8 Å². The number of aromatic nitrogens is 2. The van der Waals surface area contributed by atoms with Crippen LogP contribution in [0.5, 0.6) is 0 Å². The highest BCUT2D eigenvalue weighted by Gasteiger charge is 2.21. The summed E-state index contributed by atoms with van der Waals surface area (Å²) >= 11 is 0. The Labute approximate surface area is 102 Å². The van der Waals surface area contributed by atoms with Crippen molar-refractivity contribution < 1.29 is 9.47 Å². The Bertz CT molecular complexity index is 366. The van der Waals surface area contributed by atoms with E-state index in [9.17, 15) is 0 Å². The summed E-state index contributed by atoms with van der Waals surface area (Å²) in [7, 11) is 1.92. The van der Waals surface area contributed by atoms with Gasteiger partial charge in [-0.05, 0) is 20.9 Å². The van der Waals surface area contributed by atoms with Crippen LogP contribution in [0.4, 0.5) is 0 Å². The molecule has 1 unspecified atom stereocenters. The van der Waals surface area contributed by atoms with Gasteiger partial charge in [0.1, 0.15) is 6.10 Å². The fourth-order valence-electron chi connectivity index (χ4n) is 1.98. The van der Waals surface area contributed by atoms with Crippen molar-refractivity contribution in [1.82, 2.24) is 15.3 Å². The van der Waals surface area contributed by atoms with E-state index in [2.05, 4.69) is 15.3 Å². The molecular weight excluding hydrogens is 218 g/mol. The third kappa shape index (κ3) is 2.80. The van der Waals surface area contributed by atoms with E-state index in [4.69, 9.17) is 9.47 Å². The normalized spacial score (nSPS) is 20.5. The van der Waals surface area contributed by atoms with E-state index >= 15 is 0 Å². The number of ether oxygens (including phenoxy) is 2. The smallest absolute Gasteiger partial charge is 0.160 e. The van der Waals surface area contributed by atoms with Crippen LogP contribution in [-0.4, -0.2) is 36.8 Å². The molecule has 1 fully saturated rings. The molecule has 1 saturated heterocycles. The van der Waals surface area contributed by atoms with Crippen molar-refractivity contribution in [2.24, 2.45) is 0 Å². The number of aryl methyl sites for hydroxylation is 2. The average molecular weight is 237 g/mol. The molecule has 17 heavy (non-hydrogen) atoms. The van der Waals surface area contributed by atoms with E-state index in [0.717, 1.165) is 29.3 Å². The van der Waals surface area contributed by atoms with Crippen molar-refractivity contribution in [3.8, 4) is 0 Å². The van der Waals surface area contributed by atoms with Crippen molar-refractivity contribution in [3.63, 3.8) is 0 Å². The Hall–Kier alpha value is -1.04. The molecular formula is C12H19N3O2. The highest BCUT2D eigenvalue weighted by atomic mass is 16.6. The molecule has 94 valence electrons. The maximum atomic E-state index is 5.61. The third-order valence-electron chi connectivity index (χ3n) is 2.90. The summed E-state index contributed by atoms with van der Waals surface area (Å²) < 4.78 is 11.0. The first-order valence-corrected chi connectivity index (χ1v) is 5.90. The monoisotopic (exact) mass is 237 g/mol. The second-order valence-corrected chi connectivity index (χ2v) is 4.20. The van der Waals surface area contributed by atoms with Gasteiger partial charge in [-0.2, -0.15) is 0 Å². The summed E-state index contributed by atoms with van der Waals surface area (Å²) in [6, 6.07) is 0. The molecule has 1 aliphatic heterocycles. The lowest BCUT2D eigenvalue weighted by Gasteiger charge is -2.22. The molecule has 0 saturated carbocycles. The molecule has 1 aromatic rings. The SMILES string of the molecule is CNCc1c(C)nc(C2COCCO2)nc1C. The van der Waals surface area contributed by atoms with E-state index in [1.54, 1.807) is 0 Å². The molecule has 1 N–H and O–H groups in total. The van der Waals surface area contributed by atoms with Crippen LogP contribution in [0.25, 0.3) is 0 Å². The van der Waals surface area contributed by atoms with Crippen molar-refractivity contribution in [2.75, 3.05) is 26.9 Å². The summed E-state index contributed by atoms with van der Waals surface area (Å²) in [5.41, 5.74) is 3.18. The largest absolute Gasteiger partial charge is 0.376 e. The third-order valence-corrected chi connectivity index (χ3v) is 2.90. The molecule has 5 nitrogen and oxygen atoms in total. The van der Waals surface area contributed by atoms with Crippen molar-refractivity contribution in [1.29, 1.82) is 0 Å². The molecule has 0 spiro atoms. The Morgan fingerprint density at radius 1 is 1.24 bits per heavy atom. The quantitative estimate of drug-likeness (QED) is 0.846. The maximum Gasteiger partial charge on any atom is 0.160 e. The van der Waals surface area contributed by atoms with Crippen molar-refractivity contribution >= 4 is 0 Å². The van der Waals surface area contributed by atoms with E-state index in [1.165, 1.54) is 0 Å². The molecule has 0 aliphatic carbocycles. The van der Waals surface area contributed by atoms with Gasteiger partial charge >= 0.3 is 0 Å². The van der Waals surface area contributed by atoms with Gasteiger partial charge in [0.25, 0.3) is 0 Å². The topological polar surface area (TPSA) is 56.3 Å². The standard InChI is InChI=1S/C12H19N3O2/c1-8-10(6-13-3)9(2)15-12(14-8)11-7-16-4-5-17-11/h11,13H,4-7H2,1-3H3. The molecule has 1 atom stereocenters. The maximum absolute atomic E-state index is 5.61. The number of nitrogens with zero attached hydrogens (tertiary/aromatic N) is 2. The van der Waals surface area contributed by atoms with Gasteiger partial charge in [-0.1, -0.05) is 0 Å². The highest BCUT2D eigenvalue weighted by Crippen LogP contribution is 2.19.